The van der Waals surface area contributed by atoms with Crippen LogP contribution in [0, 0.1) is 11.7 Å². The van der Waals surface area contributed by atoms with Gasteiger partial charge in [-0.05, 0) is 44.0 Å². The number of nitrogens with one attached hydrogen (secondary N) is 1. The van der Waals surface area contributed by atoms with Crippen LogP contribution >= 0.6 is 11.6 Å². The average Bonchev–Trinajstić information content (AvgIpc) is 2.30. The Labute approximate surface area is 122 Å². The van der Waals surface area contributed by atoms with Crippen LogP contribution in [0.1, 0.15) is 12.8 Å². The quantitative estimate of drug-likeness (QED) is 0.876. The molecule has 1 aromatic rings. The van der Waals surface area contributed by atoms with Gasteiger partial charge in [0.25, 0.3) is 0 Å². The van der Waals surface area contributed by atoms with Gasteiger partial charge in [-0.2, -0.15) is 0 Å². The summed E-state index contributed by atoms with van der Waals surface area (Å²) >= 11 is 5.65. The van der Waals surface area contributed by atoms with E-state index in [9.17, 15) is 14.3 Å². The highest BCUT2D eigenvalue weighted by Gasteiger charge is 2.28. The summed E-state index contributed by atoms with van der Waals surface area (Å²) in [5, 5.41) is 12.0. The van der Waals surface area contributed by atoms with Crippen LogP contribution in [-0.4, -0.2) is 42.2 Å². The molecule has 20 heavy (non-hydrogen) atoms. The Bertz CT molecular complexity index is 492. The van der Waals surface area contributed by atoms with Gasteiger partial charge < -0.3 is 10.4 Å². The SMILES string of the molecule is CN(CC(=O)Nc1ccc(Cl)cc1F)CC1CC(O)C1. The molecule has 1 aliphatic carbocycles. The first-order valence-corrected chi connectivity index (χ1v) is 6.93. The Kier molecular flexibility index (Phi) is 4.96. The molecule has 0 heterocycles. The molecular weight excluding hydrogens is 283 g/mol. The third-order valence-electron chi connectivity index (χ3n) is 3.40. The van der Waals surface area contributed by atoms with Gasteiger partial charge in [-0.3, -0.25) is 9.69 Å². The van der Waals surface area contributed by atoms with Crippen LogP contribution < -0.4 is 5.32 Å². The number of hydrogen-bond acceptors (Lipinski definition) is 3. The van der Waals surface area contributed by atoms with Gasteiger partial charge in [0, 0.05) is 11.6 Å². The largest absolute Gasteiger partial charge is 0.393 e. The van der Waals surface area contributed by atoms with Crippen LogP contribution in [0.3, 0.4) is 0 Å². The highest BCUT2D eigenvalue weighted by Crippen LogP contribution is 2.27. The van der Waals surface area contributed by atoms with E-state index in [0.717, 1.165) is 25.5 Å². The average molecular weight is 301 g/mol. The van der Waals surface area contributed by atoms with E-state index >= 15 is 0 Å². The predicted octanol–water partition coefficient (Wildman–Crippen LogP) is 2.12. The molecule has 0 atom stereocenters. The zero-order valence-corrected chi connectivity index (χ0v) is 12.0. The van der Waals surface area contributed by atoms with E-state index < -0.39 is 5.82 Å². The van der Waals surface area contributed by atoms with Gasteiger partial charge in [-0.15, -0.1) is 0 Å². The number of likely N-dealkylation sites (N-methyl/N-ethyl adjacent to an activating group) is 1. The first kappa shape index (κ1) is 15.2. The minimum atomic E-state index is -0.546. The smallest absolute Gasteiger partial charge is 0.238 e. The third-order valence-corrected chi connectivity index (χ3v) is 3.63. The summed E-state index contributed by atoms with van der Waals surface area (Å²) in [6.45, 7) is 0.947. The summed E-state index contributed by atoms with van der Waals surface area (Å²) in [5.41, 5.74) is 0.131. The first-order valence-electron chi connectivity index (χ1n) is 6.55. The molecule has 2 N–H and O–H groups in total. The second-order valence-corrected chi connectivity index (χ2v) is 5.80. The van der Waals surface area contributed by atoms with E-state index in [1.165, 1.54) is 12.1 Å². The Morgan fingerprint density at radius 1 is 1.55 bits per heavy atom. The van der Waals surface area contributed by atoms with E-state index in [0.29, 0.717) is 10.9 Å². The van der Waals surface area contributed by atoms with Crippen molar-refractivity contribution >= 4 is 23.2 Å². The fourth-order valence-corrected chi connectivity index (χ4v) is 2.54. The van der Waals surface area contributed by atoms with Crippen LogP contribution in [0.25, 0.3) is 0 Å². The summed E-state index contributed by atoms with van der Waals surface area (Å²) in [6.07, 6.45) is 1.39. The van der Waals surface area contributed by atoms with Gasteiger partial charge in [0.2, 0.25) is 5.91 Å². The van der Waals surface area contributed by atoms with Crippen LogP contribution in [0.5, 0.6) is 0 Å². The molecule has 4 nitrogen and oxygen atoms in total. The zero-order valence-electron chi connectivity index (χ0n) is 11.3. The van der Waals surface area contributed by atoms with Crippen molar-refractivity contribution < 1.29 is 14.3 Å². The molecule has 0 radical (unpaired) electrons. The lowest BCUT2D eigenvalue weighted by atomic mass is 9.82. The normalized spacial score (nSPS) is 21.6. The topological polar surface area (TPSA) is 52.6 Å². The number of benzene rings is 1. The molecule has 0 aromatic heterocycles. The number of anilines is 1. The number of aliphatic hydroxyl groups excluding tert-OH is 1. The number of nitrogens with zero attached hydrogens (tertiary/aromatic N) is 1. The minimum absolute atomic E-state index is 0.131. The highest BCUT2D eigenvalue weighted by molar-refractivity contribution is 6.30. The number of amides is 1. The van der Waals surface area contributed by atoms with Crippen LogP contribution in [0.15, 0.2) is 18.2 Å². The molecule has 0 bridgehead atoms. The van der Waals surface area contributed by atoms with Crippen molar-refractivity contribution in [3.63, 3.8) is 0 Å². The van der Waals surface area contributed by atoms with E-state index in [-0.39, 0.29) is 24.2 Å². The van der Waals surface area contributed by atoms with Gasteiger partial charge >= 0.3 is 0 Å². The van der Waals surface area contributed by atoms with Gasteiger partial charge in [0.1, 0.15) is 5.82 Å². The molecule has 1 aromatic carbocycles. The van der Waals surface area contributed by atoms with E-state index in [2.05, 4.69) is 5.32 Å². The summed E-state index contributed by atoms with van der Waals surface area (Å²) in [7, 11) is 1.84. The van der Waals surface area contributed by atoms with E-state index in [4.69, 9.17) is 11.6 Å². The lowest BCUT2D eigenvalue weighted by Gasteiger charge is -2.34. The minimum Gasteiger partial charge on any atom is -0.393 e. The standard InChI is InChI=1S/C14H18ClFN2O2/c1-18(7-9-4-11(19)5-9)8-14(20)17-13-3-2-10(15)6-12(13)16/h2-3,6,9,11,19H,4-5,7-8H2,1H3,(H,17,20). The molecule has 6 heteroatoms. The van der Waals surface area contributed by atoms with Gasteiger partial charge in [-0.1, -0.05) is 11.6 Å². The van der Waals surface area contributed by atoms with Crippen molar-refractivity contribution in [3.8, 4) is 0 Å². The van der Waals surface area contributed by atoms with Gasteiger partial charge in [0.15, 0.2) is 0 Å². The molecular formula is C14H18ClFN2O2. The maximum Gasteiger partial charge on any atom is 0.238 e. The van der Waals surface area contributed by atoms with Gasteiger partial charge in [-0.25, -0.2) is 4.39 Å². The van der Waals surface area contributed by atoms with Crippen molar-refractivity contribution in [3.05, 3.63) is 29.0 Å². The monoisotopic (exact) mass is 300 g/mol. The summed E-state index contributed by atoms with van der Waals surface area (Å²) < 4.78 is 13.5. The predicted molar refractivity (Wildman–Crippen MR) is 76.3 cm³/mol. The van der Waals surface area contributed by atoms with Crippen LogP contribution in [0.2, 0.25) is 5.02 Å². The summed E-state index contributed by atoms with van der Waals surface area (Å²) in [4.78, 5) is 13.7. The summed E-state index contributed by atoms with van der Waals surface area (Å²) in [6, 6.07) is 4.13. The Hall–Kier alpha value is -1.17. The lowest BCUT2D eigenvalue weighted by molar-refractivity contribution is -0.117. The lowest BCUT2D eigenvalue weighted by Crippen LogP contribution is -2.40. The molecule has 0 spiro atoms. The third kappa shape index (κ3) is 4.16. The molecule has 1 fully saturated rings. The zero-order chi connectivity index (χ0) is 14.7. The number of aliphatic hydroxyl groups is 1. The van der Waals surface area contributed by atoms with Crippen molar-refractivity contribution in [2.45, 2.75) is 18.9 Å². The number of rotatable bonds is 5. The summed E-state index contributed by atoms with van der Waals surface area (Å²) in [5.74, 6) is -0.376. The number of halogens is 2. The van der Waals surface area contributed by atoms with E-state index in [1.54, 1.807) is 0 Å². The second-order valence-electron chi connectivity index (χ2n) is 5.36. The second kappa shape index (κ2) is 6.52. The maximum absolute atomic E-state index is 13.5. The maximum atomic E-state index is 13.5. The number of hydrogen-bond donors (Lipinski definition) is 2. The van der Waals surface area contributed by atoms with Crippen molar-refractivity contribution in [1.29, 1.82) is 0 Å². The van der Waals surface area contributed by atoms with Crippen LogP contribution in [0.4, 0.5) is 10.1 Å². The first-order chi connectivity index (χ1) is 9.44. The van der Waals surface area contributed by atoms with Crippen LogP contribution in [-0.2, 0) is 4.79 Å². The Balaban J connectivity index is 1.79. The molecule has 110 valence electrons. The molecule has 2 rings (SSSR count). The number of carbonyl (C=O) groups is 1. The number of carbonyl (C=O) groups excluding carboxylic acids is 1. The molecule has 1 amide bonds. The van der Waals surface area contributed by atoms with Crippen molar-refractivity contribution in [2.24, 2.45) is 5.92 Å². The van der Waals surface area contributed by atoms with Gasteiger partial charge in [0.05, 0.1) is 18.3 Å². The Morgan fingerprint density at radius 3 is 2.85 bits per heavy atom. The Morgan fingerprint density at radius 2 is 2.25 bits per heavy atom. The molecule has 1 saturated carbocycles. The van der Waals surface area contributed by atoms with Crippen molar-refractivity contribution in [1.82, 2.24) is 4.90 Å². The fraction of sp³-hybridized carbons (Fsp3) is 0.500. The van der Waals surface area contributed by atoms with Crippen molar-refractivity contribution in [2.75, 3.05) is 25.5 Å². The molecule has 0 saturated heterocycles. The molecule has 0 unspecified atom stereocenters. The molecule has 1 aliphatic rings. The van der Waals surface area contributed by atoms with E-state index in [1.807, 2.05) is 11.9 Å². The fourth-order valence-electron chi connectivity index (χ4n) is 2.38. The highest BCUT2D eigenvalue weighted by atomic mass is 35.5. The molecule has 0 aliphatic heterocycles.